The van der Waals surface area contributed by atoms with E-state index in [-0.39, 0.29) is 12.3 Å². The van der Waals surface area contributed by atoms with E-state index >= 15 is 0 Å². The molecule has 0 aliphatic rings. The predicted octanol–water partition coefficient (Wildman–Crippen LogP) is 1.44. The molecule has 0 radical (unpaired) electrons. The Labute approximate surface area is 145 Å². The average Bonchev–Trinajstić information content (AvgIpc) is 3.18. The highest BCUT2D eigenvalue weighted by atomic mass is 16.3. The fraction of sp³-hybridized carbons (Fsp3) is 0.222. The molecule has 1 amide bonds. The van der Waals surface area contributed by atoms with Gasteiger partial charge in [-0.3, -0.25) is 4.79 Å². The number of nitrogens with zero attached hydrogens (tertiary/aromatic N) is 4. The van der Waals surface area contributed by atoms with Crippen molar-refractivity contribution in [2.24, 2.45) is 0 Å². The zero-order valence-corrected chi connectivity index (χ0v) is 13.6. The van der Waals surface area contributed by atoms with Crippen molar-refractivity contribution in [3.05, 3.63) is 72.1 Å². The van der Waals surface area contributed by atoms with Gasteiger partial charge in [0.1, 0.15) is 6.33 Å². The van der Waals surface area contributed by atoms with E-state index in [0.717, 1.165) is 16.8 Å². The number of hydrogen-bond donors (Lipinski definition) is 2. The Balaban J connectivity index is 1.45. The molecule has 0 unspecified atom stereocenters. The third-order valence-corrected chi connectivity index (χ3v) is 3.84. The van der Waals surface area contributed by atoms with Crippen molar-refractivity contribution in [3.63, 3.8) is 0 Å². The second-order valence-corrected chi connectivity index (χ2v) is 5.66. The van der Waals surface area contributed by atoms with Gasteiger partial charge in [-0.2, -0.15) is 0 Å². The molecule has 0 saturated heterocycles. The van der Waals surface area contributed by atoms with Crippen LogP contribution in [0.25, 0.3) is 5.69 Å². The summed E-state index contributed by atoms with van der Waals surface area (Å²) in [7, 11) is 0. The minimum absolute atomic E-state index is 0.0737. The molecule has 0 saturated carbocycles. The predicted molar refractivity (Wildman–Crippen MR) is 91.9 cm³/mol. The quantitative estimate of drug-likeness (QED) is 0.680. The van der Waals surface area contributed by atoms with E-state index in [1.165, 1.54) is 6.33 Å². The van der Waals surface area contributed by atoms with Crippen LogP contribution in [0.3, 0.4) is 0 Å². The molecule has 1 heterocycles. The highest BCUT2D eigenvalue weighted by Gasteiger charge is 2.08. The number of aliphatic hydroxyl groups excluding tert-OH is 1. The van der Waals surface area contributed by atoms with Crippen LogP contribution in [0.15, 0.2) is 60.9 Å². The van der Waals surface area contributed by atoms with Gasteiger partial charge < -0.3 is 10.4 Å². The molecule has 2 aromatic carbocycles. The lowest BCUT2D eigenvalue weighted by molar-refractivity contribution is -0.120. The number of aromatic nitrogens is 4. The van der Waals surface area contributed by atoms with Gasteiger partial charge in [0.15, 0.2) is 0 Å². The SMILES string of the molecule is O=C(Cc1ccc(-n2cnnn2)cc1)NCC[C@@H](O)c1ccccc1. The smallest absolute Gasteiger partial charge is 0.224 e. The summed E-state index contributed by atoms with van der Waals surface area (Å²) in [6, 6.07) is 16.9. The number of tetrazole rings is 1. The topological polar surface area (TPSA) is 92.9 Å². The lowest BCUT2D eigenvalue weighted by Gasteiger charge is -2.11. The fourth-order valence-electron chi connectivity index (χ4n) is 2.48. The number of benzene rings is 2. The first kappa shape index (κ1) is 16.8. The maximum atomic E-state index is 12.0. The van der Waals surface area contributed by atoms with E-state index in [1.807, 2.05) is 54.6 Å². The molecule has 1 atom stereocenters. The Hall–Kier alpha value is -3.06. The number of nitrogens with one attached hydrogen (secondary N) is 1. The molecule has 7 heteroatoms. The van der Waals surface area contributed by atoms with E-state index in [0.29, 0.717) is 13.0 Å². The van der Waals surface area contributed by atoms with Crippen molar-refractivity contribution in [3.8, 4) is 5.69 Å². The molecule has 0 aliphatic heterocycles. The van der Waals surface area contributed by atoms with Crippen LogP contribution >= 0.6 is 0 Å². The van der Waals surface area contributed by atoms with Crippen molar-refractivity contribution in [2.45, 2.75) is 18.9 Å². The molecule has 0 fully saturated rings. The lowest BCUT2D eigenvalue weighted by atomic mass is 10.1. The zero-order chi connectivity index (χ0) is 17.5. The Morgan fingerprint density at radius 3 is 2.56 bits per heavy atom. The standard InChI is InChI=1S/C18H19N5O2/c24-17(15-4-2-1-3-5-15)10-11-19-18(25)12-14-6-8-16(9-7-14)23-13-20-21-22-23/h1-9,13,17,24H,10-12H2,(H,19,25)/t17-/m1/s1. The van der Waals surface area contributed by atoms with E-state index in [2.05, 4.69) is 20.8 Å². The fourth-order valence-corrected chi connectivity index (χ4v) is 2.48. The van der Waals surface area contributed by atoms with Crippen LogP contribution in [0.4, 0.5) is 0 Å². The van der Waals surface area contributed by atoms with E-state index in [4.69, 9.17) is 0 Å². The summed E-state index contributed by atoms with van der Waals surface area (Å²) in [6.45, 7) is 0.428. The second-order valence-electron chi connectivity index (χ2n) is 5.66. The molecule has 0 spiro atoms. The monoisotopic (exact) mass is 337 g/mol. The molecule has 25 heavy (non-hydrogen) atoms. The van der Waals surface area contributed by atoms with Gasteiger partial charge in [0.05, 0.1) is 18.2 Å². The van der Waals surface area contributed by atoms with Gasteiger partial charge in [-0.1, -0.05) is 42.5 Å². The maximum Gasteiger partial charge on any atom is 0.224 e. The molecule has 128 valence electrons. The molecule has 3 rings (SSSR count). The summed E-state index contributed by atoms with van der Waals surface area (Å²) in [6.07, 6.45) is 1.71. The minimum atomic E-state index is -0.572. The molecule has 7 nitrogen and oxygen atoms in total. The first-order valence-corrected chi connectivity index (χ1v) is 8.04. The van der Waals surface area contributed by atoms with Crippen molar-refractivity contribution in [1.82, 2.24) is 25.5 Å². The molecule has 0 bridgehead atoms. The molecule has 0 aliphatic carbocycles. The van der Waals surface area contributed by atoms with Crippen LogP contribution in [0, 0.1) is 0 Å². The lowest BCUT2D eigenvalue weighted by Crippen LogP contribution is -2.27. The van der Waals surface area contributed by atoms with Crippen molar-refractivity contribution in [1.29, 1.82) is 0 Å². The number of aliphatic hydroxyl groups is 1. The normalized spacial score (nSPS) is 11.9. The van der Waals surface area contributed by atoms with Gasteiger partial charge in [0.25, 0.3) is 0 Å². The minimum Gasteiger partial charge on any atom is -0.388 e. The number of carbonyl (C=O) groups excluding carboxylic acids is 1. The Bertz CT molecular complexity index is 788. The third kappa shape index (κ3) is 4.71. The van der Waals surface area contributed by atoms with Gasteiger partial charge >= 0.3 is 0 Å². The first-order chi connectivity index (χ1) is 12.2. The van der Waals surface area contributed by atoms with Crippen molar-refractivity contribution in [2.75, 3.05) is 6.54 Å². The van der Waals surface area contributed by atoms with Crippen LogP contribution in [0.1, 0.15) is 23.7 Å². The zero-order valence-electron chi connectivity index (χ0n) is 13.6. The molecular formula is C18H19N5O2. The van der Waals surface area contributed by atoms with E-state index in [1.54, 1.807) is 4.68 Å². The number of hydrogen-bond acceptors (Lipinski definition) is 5. The first-order valence-electron chi connectivity index (χ1n) is 8.04. The third-order valence-electron chi connectivity index (χ3n) is 3.84. The molecular weight excluding hydrogens is 318 g/mol. The molecule has 2 N–H and O–H groups in total. The summed E-state index contributed by atoms with van der Waals surface area (Å²) in [5, 5.41) is 23.9. The second kappa shape index (κ2) is 8.16. The summed E-state index contributed by atoms with van der Waals surface area (Å²) in [5.74, 6) is -0.0737. The van der Waals surface area contributed by atoms with Crippen molar-refractivity contribution < 1.29 is 9.90 Å². The van der Waals surface area contributed by atoms with Crippen LogP contribution < -0.4 is 5.32 Å². The van der Waals surface area contributed by atoms with E-state index < -0.39 is 6.10 Å². The van der Waals surface area contributed by atoms with Crippen LogP contribution in [0.5, 0.6) is 0 Å². The van der Waals surface area contributed by atoms with Crippen molar-refractivity contribution >= 4 is 5.91 Å². The van der Waals surface area contributed by atoms with Gasteiger partial charge in [0, 0.05) is 6.54 Å². The largest absolute Gasteiger partial charge is 0.388 e. The van der Waals surface area contributed by atoms with Crippen LogP contribution in [0.2, 0.25) is 0 Å². The Morgan fingerprint density at radius 1 is 1.12 bits per heavy atom. The van der Waals surface area contributed by atoms with Crippen LogP contribution in [-0.2, 0) is 11.2 Å². The summed E-state index contributed by atoms with van der Waals surface area (Å²) >= 11 is 0. The van der Waals surface area contributed by atoms with Gasteiger partial charge in [-0.25, -0.2) is 4.68 Å². The number of amides is 1. The maximum absolute atomic E-state index is 12.0. The summed E-state index contributed by atoms with van der Waals surface area (Å²) < 4.78 is 1.55. The number of rotatable bonds is 7. The van der Waals surface area contributed by atoms with Gasteiger partial charge in [0.2, 0.25) is 5.91 Å². The Kier molecular flexibility index (Phi) is 5.48. The number of carbonyl (C=O) groups is 1. The average molecular weight is 337 g/mol. The van der Waals surface area contributed by atoms with Gasteiger partial charge in [-0.15, -0.1) is 5.10 Å². The summed E-state index contributed by atoms with van der Waals surface area (Å²) in [5.41, 5.74) is 2.59. The molecule has 3 aromatic rings. The molecule has 1 aromatic heterocycles. The Morgan fingerprint density at radius 2 is 1.88 bits per heavy atom. The van der Waals surface area contributed by atoms with Gasteiger partial charge in [-0.05, 0) is 40.1 Å². The summed E-state index contributed by atoms with van der Waals surface area (Å²) in [4.78, 5) is 12.0. The highest BCUT2D eigenvalue weighted by molar-refractivity contribution is 5.78. The van der Waals surface area contributed by atoms with Crippen LogP contribution in [-0.4, -0.2) is 37.8 Å². The van der Waals surface area contributed by atoms with E-state index in [9.17, 15) is 9.90 Å². The highest BCUT2D eigenvalue weighted by Crippen LogP contribution is 2.15.